The van der Waals surface area contributed by atoms with E-state index in [-0.39, 0.29) is 16.9 Å². The fourth-order valence-electron chi connectivity index (χ4n) is 1.55. The molecule has 0 unspecified atom stereocenters. The molecule has 0 atom stereocenters. The zero-order chi connectivity index (χ0) is 14.7. The number of hydrogen-bond acceptors (Lipinski definition) is 4. The molecule has 0 radical (unpaired) electrons. The number of thioether (sulfide) groups is 1. The molecular weight excluding hydrogens is 277 g/mol. The quantitative estimate of drug-likeness (QED) is 0.863. The van der Waals surface area contributed by atoms with Gasteiger partial charge in [0, 0.05) is 19.7 Å². The van der Waals surface area contributed by atoms with E-state index in [2.05, 4.69) is 4.98 Å². The number of nitrogen functional groups attached to an aromatic ring is 1. The van der Waals surface area contributed by atoms with Crippen LogP contribution in [0.1, 0.15) is 0 Å². The van der Waals surface area contributed by atoms with Crippen molar-refractivity contribution in [1.82, 2.24) is 9.88 Å². The molecule has 1 heterocycles. The normalized spacial score (nSPS) is 10.3. The smallest absolute Gasteiger partial charge is 0.286 e. The second kappa shape index (κ2) is 5.92. The lowest BCUT2D eigenvalue weighted by molar-refractivity contribution is 0.241. The van der Waals surface area contributed by atoms with Crippen molar-refractivity contribution in [2.75, 3.05) is 19.8 Å². The minimum atomic E-state index is -0.357. The van der Waals surface area contributed by atoms with Gasteiger partial charge < -0.3 is 10.6 Å². The Morgan fingerprint density at radius 1 is 1.25 bits per heavy atom. The standard InChI is InChI=1S/C14H14FN3OS/c1-18(2)14(19)20-12-8-7-11(17-13(12)16)9-5-3-4-6-10(9)15/h3-8H,1-2H3,(H2,16,17). The number of carbonyl (C=O) groups excluding carboxylic acids is 1. The first-order valence-electron chi connectivity index (χ1n) is 5.89. The third-order valence-electron chi connectivity index (χ3n) is 2.60. The lowest BCUT2D eigenvalue weighted by Gasteiger charge is -2.11. The number of aromatic nitrogens is 1. The van der Waals surface area contributed by atoms with E-state index in [9.17, 15) is 9.18 Å². The third-order valence-corrected chi connectivity index (χ3v) is 3.70. The number of nitrogens with zero attached hydrogens (tertiary/aromatic N) is 2. The van der Waals surface area contributed by atoms with Gasteiger partial charge in [-0.2, -0.15) is 0 Å². The highest BCUT2D eigenvalue weighted by atomic mass is 32.2. The Bertz CT molecular complexity index is 646. The van der Waals surface area contributed by atoms with E-state index in [0.717, 1.165) is 11.8 Å². The zero-order valence-electron chi connectivity index (χ0n) is 11.1. The van der Waals surface area contributed by atoms with Gasteiger partial charge in [0.05, 0.1) is 10.6 Å². The molecule has 0 spiro atoms. The maximum absolute atomic E-state index is 13.7. The summed E-state index contributed by atoms with van der Waals surface area (Å²) in [5, 5.41) is -0.142. The number of pyridine rings is 1. The highest BCUT2D eigenvalue weighted by Gasteiger charge is 2.12. The van der Waals surface area contributed by atoms with Crippen molar-refractivity contribution in [2.45, 2.75) is 4.90 Å². The second-order valence-corrected chi connectivity index (χ2v) is 5.32. The SMILES string of the molecule is CN(C)C(=O)Sc1ccc(-c2ccccc2F)nc1N. The Morgan fingerprint density at radius 3 is 2.55 bits per heavy atom. The molecule has 2 aromatic rings. The van der Waals surface area contributed by atoms with E-state index in [4.69, 9.17) is 5.73 Å². The van der Waals surface area contributed by atoms with Gasteiger partial charge in [-0.05, 0) is 36.0 Å². The molecule has 104 valence electrons. The average Bonchev–Trinajstić information content (AvgIpc) is 2.41. The number of halogens is 1. The minimum absolute atomic E-state index is 0.142. The minimum Gasteiger partial charge on any atom is -0.383 e. The molecule has 0 saturated heterocycles. The van der Waals surface area contributed by atoms with Crippen LogP contribution in [0.25, 0.3) is 11.3 Å². The number of anilines is 1. The fraction of sp³-hybridized carbons (Fsp3) is 0.143. The highest BCUT2D eigenvalue weighted by Crippen LogP contribution is 2.29. The molecule has 4 nitrogen and oxygen atoms in total. The third kappa shape index (κ3) is 3.08. The molecule has 0 aliphatic heterocycles. The van der Waals surface area contributed by atoms with Gasteiger partial charge in [-0.3, -0.25) is 4.79 Å². The summed E-state index contributed by atoms with van der Waals surface area (Å²) in [5.41, 5.74) is 6.66. The maximum atomic E-state index is 13.7. The molecule has 0 aliphatic rings. The molecule has 0 saturated carbocycles. The van der Waals surface area contributed by atoms with Gasteiger partial charge in [0.2, 0.25) is 0 Å². The Hall–Kier alpha value is -2.08. The summed E-state index contributed by atoms with van der Waals surface area (Å²) in [6.45, 7) is 0. The first-order chi connectivity index (χ1) is 9.49. The fourth-order valence-corrected chi connectivity index (χ4v) is 2.21. The van der Waals surface area contributed by atoms with Crippen LogP contribution in [0.3, 0.4) is 0 Å². The summed E-state index contributed by atoms with van der Waals surface area (Å²) >= 11 is 0.992. The lowest BCUT2D eigenvalue weighted by Crippen LogP contribution is -2.16. The molecule has 2 N–H and O–H groups in total. The Morgan fingerprint density at radius 2 is 1.95 bits per heavy atom. The average molecular weight is 291 g/mol. The number of hydrogen-bond donors (Lipinski definition) is 1. The molecule has 1 aromatic heterocycles. The zero-order valence-corrected chi connectivity index (χ0v) is 11.9. The summed E-state index contributed by atoms with van der Waals surface area (Å²) < 4.78 is 13.7. The van der Waals surface area contributed by atoms with Crippen LogP contribution in [0, 0.1) is 5.82 Å². The van der Waals surface area contributed by atoms with Crippen molar-refractivity contribution in [2.24, 2.45) is 0 Å². The topological polar surface area (TPSA) is 59.2 Å². The van der Waals surface area contributed by atoms with Gasteiger partial charge in [0.25, 0.3) is 5.24 Å². The monoisotopic (exact) mass is 291 g/mol. The van der Waals surface area contributed by atoms with Crippen molar-refractivity contribution in [3.8, 4) is 11.3 Å². The first kappa shape index (κ1) is 14.3. The van der Waals surface area contributed by atoms with Crippen molar-refractivity contribution < 1.29 is 9.18 Å². The van der Waals surface area contributed by atoms with Gasteiger partial charge in [-0.1, -0.05) is 12.1 Å². The van der Waals surface area contributed by atoms with Crippen molar-refractivity contribution in [1.29, 1.82) is 0 Å². The van der Waals surface area contributed by atoms with Crippen molar-refractivity contribution in [3.63, 3.8) is 0 Å². The van der Waals surface area contributed by atoms with Crippen molar-refractivity contribution >= 4 is 22.8 Å². The molecule has 0 aliphatic carbocycles. The molecule has 0 bridgehead atoms. The second-order valence-electron chi connectivity index (χ2n) is 4.32. The molecule has 0 fully saturated rings. The van der Waals surface area contributed by atoms with Crippen molar-refractivity contribution in [3.05, 3.63) is 42.2 Å². The van der Waals surface area contributed by atoms with Crippen LogP contribution in [0.4, 0.5) is 15.0 Å². The van der Waals surface area contributed by atoms with Crippen LogP contribution < -0.4 is 5.73 Å². The largest absolute Gasteiger partial charge is 0.383 e. The predicted molar refractivity (Wildman–Crippen MR) is 79.0 cm³/mol. The van der Waals surface area contributed by atoms with E-state index in [1.54, 1.807) is 44.4 Å². The molecule has 2 rings (SSSR count). The van der Waals surface area contributed by atoms with Crippen LogP contribution >= 0.6 is 11.8 Å². The Labute approximate surface area is 120 Å². The van der Waals surface area contributed by atoms with Gasteiger partial charge in [0.15, 0.2) is 0 Å². The summed E-state index contributed by atoms with van der Waals surface area (Å²) in [7, 11) is 3.32. The van der Waals surface area contributed by atoms with Gasteiger partial charge in [-0.15, -0.1) is 0 Å². The van der Waals surface area contributed by atoms with Crippen LogP contribution in [0.2, 0.25) is 0 Å². The number of amides is 1. The number of rotatable bonds is 2. The number of carbonyl (C=O) groups is 1. The van der Waals surface area contributed by atoms with Crippen LogP contribution in [0.15, 0.2) is 41.3 Å². The Kier molecular flexibility index (Phi) is 4.24. The van der Waals surface area contributed by atoms with Gasteiger partial charge >= 0.3 is 0 Å². The predicted octanol–water partition coefficient (Wildman–Crippen LogP) is 3.24. The molecular formula is C14H14FN3OS. The molecule has 1 amide bonds. The van der Waals surface area contributed by atoms with Gasteiger partial charge in [-0.25, -0.2) is 9.37 Å². The summed E-state index contributed by atoms with van der Waals surface area (Å²) in [6, 6.07) is 9.67. The maximum Gasteiger partial charge on any atom is 0.286 e. The summed E-state index contributed by atoms with van der Waals surface area (Å²) in [5.74, 6) is -0.143. The van der Waals surface area contributed by atoms with Gasteiger partial charge in [0.1, 0.15) is 11.6 Å². The first-order valence-corrected chi connectivity index (χ1v) is 6.71. The Balaban J connectivity index is 2.31. The molecule has 6 heteroatoms. The van der Waals surface area contributed by atoms with Crippen LogP contribution in [-0.4, -0.2) is 29.2 Å². The number of nitrogens with two attached hydrogens (primary N) is 1. The highest BCUT2D eigenvalue weighted by molar-refractivity contribution is 8.13. The molecule has 1 aromatic carbocycles. The van der Waals surface area contributed by atoms with E-state index in [1.807, 2.05) is 0 Å². The summed E-state index contributed by atoms with van der Waals surface area (Å²) in [4.78, 5) is 17.8. The lowest BCUT2D eigenvalue weighted by atomic mass is 10.1. The van der Waals surface area contributed by atoms with E-state index in [0.29, 0.717) is 16.2 Å². The molecule has 20 heavy (non-hydrogen) atoms. The van der Waals surface area contributed by atoms with Crippen LogP contribution in [0.5, 0.6) is 0 Å². The van der Waals surface area contributed by atoms with E-state index in [1.165, 1.54) is 11.0 Å². The van der Waals surface area contributed by atoms with E-state index < -0.39 is 0 Å². The summed E-state index contributed by atoms with van der Waals surface area (Å²) in [6.07, 6.45) is 0. The van der Waals surface area contributed by atoms with E-state index >= 15 is 0 Å². The number of benzene rings is 1. The van der Waals surface area contributed by atoms with Crippen LogP contribution in [-0.2, 0) is 0 Å².